The molecule has 0 fully saturated rings. The number of anilines is 1. The highest BCUT2D eigenvalue weighted by Gasteiger charge is 2.16. The van der Waals surface area contributed by atoms with E-state index >= 15 is 0 Å². The van der Waals surface area contributed by atoms with Gasteiger partial charge in [-0.25, -0.2) is 18.1 Å². The average molecular weight is 379 g/mol. The fraction of sp³-hybridized carbons (Fsp3) is 0.0952. The Labute approximate surface area is 159 Å². The van der Waals surface area contributed by atoms with Crippen LogP contribution in [0.1, 0.15) is 11.1 Å². The molecule has 0 aliphatic heterocycles. The van der Waals surface area contributed by atoms with Crippen LogP contribution in [0.3, 0.4) is 0 Å². The molecule has 5 nitrogen and oxygen atoms in total. The van der Waals surface area contributed by atoms with Crippen molar-refractivity contribution >= 4 is 21.7 Å². The molecule has 0 bridgehead atoms. The summed E-state index contributed by atoms with van der Waals surface area (Å²) in [6, 6.07) is 25.7. The Morgan fingerprint density at radius 3 is 2.07 bits per heavy atom. The van der Waals surface area contributed by atoms with E-state index in [9.17, 15) is 8.42 Å². The molecule has 0 atom stereocenters. The summed E-state index contributed by atoms with van der Waals surface area (Å²) in [7, 11) is -3.74. The molecule has 0 aliphatic rings. The monoisotopic (exact) mass is 379 g/mol. The maximum Gasteiger partial charge on any atom is 0.264 e. The number of para-hydroxylation sites is 1. The van der Waals surface area contributed by atoms with Gasteiger partial charge in [0.1, 0.15) is 0 Å². The highest BCUT2D eigenvalue weighted by atomic mass is 32.2. The van der Waals surface area contributed by atoms with Crippen LogP contribution in [0.15, 0.2) is 94.8 Å². The number of guanidine groups is 1. The van der Waals surface area contributed by atoms with Gasteiger partial charge in [-0.05, 0) is 36.8 Å². The Morgan fingerprint density at radius 1 is 0.852 bits per heavy atom. The maximum absolute atomic E-state index is 12.7. The molecule has 3 rings (SSSR count). The predicted molar refractivity (Wildman–Crippen MR) is 109 cm³/mol. The van der Waals surface area contributed by atoms with E-state index in [0.29, 0.717) is 6.54 Å². The maximum atomic E-state index is 12.7. The second-order valence-electron chi connectivity index (χ2n) is 6.06. The summed E-state index contributed by atoms with van der Waals surface area (Å²) >= 11 is 0. The van der Waals surface area contributed by atoms with Gasteiger partial charge in [-0.2, -0.15) is 0 Å². The van der Waals surface area contributed by atoms with Gasteiger partial charge in [0.25, 0.3) is 10.0 Å². The summed E-state index contributed by atoms with van der Waals surface area (Å²) in [6.07, 6.45) is 0. The van der Waals surface area contributed by atoms with Gasteiger partial charge in [-0.1, -0.05) is 66.2 Å². The zero-order valence-electron chi connectivity index (χ0n) is 15.0. The molecule has 0 aliphatic carbocycles. The van der Waals surface area contributed by atoms with Crippen LogP contribution >= 0.6 is 0 Å². The summed E-state index contributed by atoms with van der Waals surface area (Å²) in [5.41, 5.74) is 2.73. The number of rotatable bonds is 5. The molecule has 3 aromatic rings. The lowest BCUT2D eigenvalue weighted by atomic mass is 10.2. The van der Waals surface area contributed by atoms with E-state index < -0.39 is 10.0 Å². The molecule has 0 radical (unpaired) electrons. The van der Waals surface area contributed by atoms with Gasteiger partial charge in [0.05, 0.1) is 11.4 Å². The number of benzene rings is 3. The molecule has 0 heterocycles. The second kappa shape index (κ2) is 8.51. The third kappa shape index (κ3) is 5.43. The Kier molecular flexibility index (Phi) is 5.88. The number of aliphatic imine (C=N–C) groups is 1. The van der Waals surface area contributed by atoms with Crippen LogP contribution in [0.2, 0.25) is 0 Å². The van der Waals surface area contributed by atoms with E-state index in [1.165, 1.54) is 0 Å². The number of hydrogen-bond acceptors (Lipinski definition) is 3. The van der Waals surface area contributed by atoms with Gasteiger partial charge in [-0.15, -0.1) is 0 Å². The summed E-state index contributed by atoms with van der Waals surface area (Å²) in [5.74, 6) is 0.172. The number of nitrogens with zero attached hydrogens (tertiary/aromatic N) is 1. The normalized spacial score (nSPS) is 11.8. The molecule has 0 aromatic heterocycles. The van der Waals surface area contributed by atoms with Gasteiger partial charge in [-0.3, -0.25) is 0 Å². The van der Waals surface area contributed by atoms with E-state index in [2.05, 4.69) is 15.0 Å². The molecule has 27 heavy (non-hydrogen) atoms. The van der Waals surface area contributed by atoms with Crippen molar-refractivity contribution in [3.05, 3.63) is 96.1 Å². The second-order valence-corrected chi connectivity index (χ2v) is 7.74. The first kappa shape index (κ1) is 18.7. The zero-order chi connectivity index (χ0) is 19.1. The fourth-order valence-corrected chi connectivity index (χ4v) is 3.40. The molecule has 6 heteroatoms. The first-order chi connectivity index (χ1) is 13.0. The van der Waals surface area contributed by atoms with Crippen LogP contribution in [-0.4, -0.2) is 14.4 Å². The smallest absolute Gasteiger partial charge is 0.264 e. The van der Waals surface area contributed by atoms with Gasteiger partial charge in [0, 0.05) is 5.69 Å². The first-order valence-electron chi connectivity index (χ1n) is 8.53. The van der Waals surface area contributed by atoms with E-state index in [0.717, 1.165) is 16.8 Å². The molecule has 2 N–H and O–H groups in total. The van der Waals surface area contributed by atoms with Gasteiger partial charge in [0.15, 0.2) is 0 Å². The molecule has 0 saturated carbocycles. The molecule has 3 aromatic carbocycles. The molecule has 0 spiro atoms. The van der Waals surface area contributed by atoms with E-state index in [-0.39, 0.29) is 10.9 Å². The van der Waals surface area contributed by atoms with E-state index in [4.69, 9.17) is 0 Å². The molecular formula is C21H21N3O2S. The third-order valence-corrected chi connectivity index (χ3v) is 5.22. The van der Waals surface area contributed by atoms with Crippen molar-refractivity contribution in [3.63, 3.8) is 0 Å². The number of sulfonamides is 1. The quantitative estimate of drug-likeness (QED) is 0.521. The predicted octanol–water partition coefficient (Wildman–Crippen LogP) is 3.94. The van der Waals surface area contributed by atoms with E-state index in [1.54, 1.807) is 24.3 Å². The van der Waals surface area contributed by atoms with Crippen molar-refractivity contribution < 1.29 is 8.42 Å². The number of nitrogens with one attached hydrogen (secondary N) is 2. The Balaban J connectivity index is 1.85. The minimum Gasteiger partial charge on any atom is -0.326 e. The molecule has 0 unspecified atom stereocenters. The van der Waals surface area contributed by atoms with Crippen LogP contribution in [0.5, 0.6) is 0 Å². The van der Waals surface area contributed by atoms with Crippen LogP contribution in [0.25, 0.3) is 0 Å². The van der Waals surface area contributed by atoms with E-state index in [1.807, 2.05) is 67.6 Å². The number of hydrogen-bond donors (Lipinski definition) is 2. The highest BCUT2D eigenvalue weighted by molar-refractivity contribution is 7.90. The van der Waals surface area contributed by atoms with Gasteiger partial charge >= 0.3 is 0 Å². The van der Waals surface area contributed by atoms with Crippen molar-refractivity contribution in [2.45, 2.75) is 18.4 Å². The third-order valence-electron chi connectivity index (χ3n) is 3.86. The van der Waals surface area contributed by atoms with Gasteiger partial charge < -0.3 is 5.32 Å². The van der Waals surface area contributed by atoms with Gasteiger partial charge in [0.2, 0.25) is 5.96 Å². The highest BCUT2D eigenvalue weighted by Crippen LogP contribution is 2.11. The van der Waals surface area contributed by atoms with Crippen molar-refractivity contribution in [1.29, 1.82) is 0 Å². The SMILES string of the molecule is Cc1ccc(S(=O)(=O)NC(=NCc2ccccc2)Nc2ccccc2)cc1. The van der Waals surface area contributed by atoms with Crippen molar-refractivity contribution in [2.24, 2.45) is 4.99 Å². The Morgan fingerprint density at radius 2 is 1.44 bits per heavy atom. The molecular weight excluding hydrogens is 358 g/mol. The first-order valence-corrected chi connectivity index (χ1v) is 10.0. The Hall–Kier alpha value is -3.12. The summed E-state index contributed by atoms with van der Waals surface area (Å²) in [4.78, 5) is 4.62. The van der Waals surface area contributed by atoms with Crippen molar-refractivity contribution in [3.8, 4) is 0 Å². The van der Waals surface area contributed by atoms with Crippen molar-refractivity contribution in [1.82, 2.24) is 4.72 Å². The molecule has 138 valence electrons. The summed E-state index contributed by atoms with van der Waals surface area (Å²) in [6.45, 7) is 2.26. The minimum absolute atomic E-state index is 0.172. The average Bonchev–Trinajstić information content (AvgIpc) is 2.68. The zero-order valence-corrected chi connectivity index (χ0v) is 15.8. The van der Waals surface area contributed by atoms with Crippen molar-refractivity contribution in [2.75, 3.05) is 5.32 Å². The van der Waals surface area contributed by atoms with Crippen LogP contribution in [0.4, 0.5) is 5.69 Å². The lowest BCUT2D eigenvalue weighted by Gasteiger charge is -2.13. The number of aryl methyl sites for hydroxylation is 1. The van der Waals surface area contributed by atoms with Crippen LogP contribution in [-0.2, 0) is 16.6 Å². The van der Waals surface area contributed by atoms with Crippen LogP contribution < -0.4 is 10.0 Å². The summed E-state index contributed by atoms with van der Waals surface area (Å²) < 4.78 is 28.0. The molecule has 0 saturated heterocycles. The Bertz CT molecular complexity index is 1000. The fourth-order valence-electron chi connectivity index (χ4n) is 2.41. The topological polar surface area (TPSA) is 70.6 Å². The lowest BCUT2D eigenvalue weighted by Crippen LogP contribution is -2.36. The minimum atomic E-state index is -3.74. The standard InChI is InChI=1S/C21H21N3O2S/c1-17-12-14-20(15-13-17)27(25,26)24-21(23-19-10-6-3-7-11-19)22-16-18-8-4-2-5-9-18/h2-15H,16H2,1H3,(H2,22,23,24). The molecule has 0 amide bonds. The largest absolute Gasteiger partial charge is 0.326 e. The summed E-state index contributed by atoms with van der Waals surface area (Å²) in [5, 5.41) is 3.05. The lowest BCUT2D eigenvalue weighted by molar-refractivity contribution is 0.592. The van der Waals surface area contributed by atoms with Crippen LogP contribution in [0, 0.1) is 6.92 Å².